The molecule has 3 aromatic rings. The smallest absolute Gasteiger partial charge is 0.123 e. The molecule has 0 fully saturated rings. The third-order valence-electron chi connectivity index (χ3n) is 3.58. The van der Waals surface area contributed by atoms with Crippen molar-refractivity contribution >= 4 is 10.9 Å². The molecule has 0 N–H and O–H groups in total. The van der Waals surface area contributed by atoms with Gasteiger partial charge in [-0.1, -0.05) is 18.2 Å². The lowest BCUT2D eigenvalue weighted by Crippen LogP contribution is -2.00. The number of nitrogens with zero attached hydrogens (tertiary/aromatic N) is 1. The van der Waals surface area contributed by atoms with Crippen LogP contribution in [0.2, 0.25) is 0 Å². The van der Waals surface area contributed by atoms with Crippen molar-refractivity contribution in [2.75, 3.05) is 0 Å². The summed E-state index contributed by atoms with van der Waals surface area (Å²) >= 11 is 0. The average molecular weight is 253 g/mol. The summed E-state index contributed by atoms with van der Waals surface area (Å²) in [6, 6.07) is 13.5. The summed E-state index contributed by atoms with van der Waals surface area (Å²) < 4.78 is 15.5. The van der Waals surface area contributed by atoms with Crippen molar-refractivity contribution in [3.05, 3.63) is 71.2 Å². The van der Waals surface area contributed by atoms with E-state index in [0.29, 0.717) is 6.54 Å². The second-order valence-electron chi connectivity index (χ2n) is 5.08. The molecule has 3 rings (SSSR count). The quantitative estimate of drug-likeness (QED) is 0.636. The van der Waals surface area contributed by atoms with Gasteiger partial charge in [-0.3, -0.25) is 0 Å². The molecule has 0 aliphatic carbocycles. The van der Waals surface area contributed by atoms with Gasteiger partial charge in [-0.25, -0.2) is 4.39 Å². The fraction of sp³-hybridized carbons (Fsp3) is 0.176. The molecule has 1 heterocycles. The highest BCUT2D eigenvalue weighted by atomic mass is 19.1. The maximum absolute atomic E-state index is 13.3. The number of halogens is 1. The maximum Gasteiger partial charge on any atom is 0.123 e. The van der Waals surface area contributed by atoms with Crippen LogP contribution in [0.25, 0.3) is 10.9 Å². The highest BCUT2D eigenvalue weighted by Gasteiger charge is 2.05. The van der Waals surface area contributed by atoms with Gasteiger partial charge in [-0.2, -0.15) is 0 Å². The van der Waals surface area contributed by atoms with Crippen LogP contribution in [0.15, 0.2) is 48.7 Å². The molecule has 0 saturated heterocycles. The number of aromatic nitrogens is 1. The molecule has 1 nitrogen and oxygen atoms in total. The van der Waals surface area contributed by atoms with Crippen LogP contribution in [-0.4, -0.2) is 4.57 Å². The number of hydrogen-bond acceptors (Lipinski definition) is 0. The van der Waals surface area contributed by atoms with Crippen molar-refractivity contribution in [1.29, 1.82) is 0 Å². The molecular weight excluding hydrogens is 237 g/mol. The Morgan fingerprint density at radius 2 is 1.84 bits per heavy atom. The van der Waals surface area contributed by atoms with E-state index in [9.17, 15) is 4.39 Å². The van der Waals surface area contributed by atoms with Crippen LogP contribution < -0.4 is 0 Å². The van der Waals surface area contributed by atoms with Gasteiger partial charge in [0.15, 0.2) is 0 Å². The Morgan fingerprint density at radius 1 is 1.00 bits per heavy atom. The van der Waals surface area contributed by atoms with Crippen molar-refractivity contribution < 1.29 is 4.39 Å². The Labute approximate surface area is 112 Å². The van der Waals surface area contributed by atoms with Crippen LogP contribution >= 0.6 is 0 Å². The van der Waals surface area contributed by atoms with Crippen LogP contribution in [0.4, 0.5) is 4.39 Å². The van der Waals surface area contributed by atoms with Crippen LogP contribution in [0, 0.1) is 19.7 Å². The zero-order valence-electron chi connectivity index (χ0n) is 11.2. The van der Waals surface area contributed by atoms with Gasteiger partial charge in [0.25, 0.3) is 0 Å². The van der Waals surface area contributed by atoms with Gasteiger partial charge in [0, 0.05) is 18.3 Å². The third-order valence-corrected chi connectivity index (χ3v) is 3.58. The van der Waals surface area contributed by atoms with Gasteiger partial charge in [0.2, 0.25) is 0 Å². The number of fused-ring (bicyclic) bond motifs is 1. The van der Waals surface area contributed by atoms with Gasteiger partial charge < -0.3 is 4.57 Å². The molecule has 0 atom stereocenters. The van der Waals surface area contributed by atoms with E-state index in [1.807, 2.05) is 13.0 Å². The summed E-state index contributed by atoms with van der Waals surface area (Å²) in [5, 5.41) is 1.22. The summed E-state index contributed by atoms with van der Waals surface area (Å²) in [4.78, 5) is 0. The molecule has 0 aliphatic rings. The van der Waals surface area contributed by atoms with Gasteiger partial charge in [-0.05, 0) is 60.2 Å². The van der Waals surface area contributed by atoms with Gasteiger partial charge in [0.05, 0.1) is 0 Å². The largest absolute Gasteiger partial charge is 0.343 e. The summed E-state index contributed by atoms with van der Waals surface area (Å²) in [6.45, 7) is 4.81. The van der Waals surface area contributed by atoms with Gasteiger partial charge >= 0.3 is 0 Å². The van der Waals surface area contributed by atoms with E-state index in [2.05, 4.69) is 42.0 Å². The Balaban J connectivity index is 2.05. The van der Waals surface area contributed by atoms with Crippen molar-refractivity contribution in [1.82, 2.24) is 4.57 Å². The minimum atomic E-state index is -0.173. The minimum absolute atomic E-state index is 0.173. The molecule has 1 aromatic heterocycles. The molecule has 0 aliphatic heterocycles. The van der Waals surface area contributed by atoms with Crippen LogP contribution in [0.1, 0.15) is 16.7 Å². The molecule has 0 amide bonds. The second-order valence-corrected chi connectivity index (χ2v) is 5.08. The molecule has 2 aromatic carbocycles. The molecular formula is C17H16FN. The highest BCUT2D eigenvalue weighted by molar-refractivity contribution is 5.80. The van der Waals surface area contributed by atoms with Crippen molar-refractivity contribution in [2.24, 2.45) is 0 Å². The Bertz CT molecular complexity index is 740. The van der Waals surface area contributed by atoms with Crippen molar-refractivity contribution in [2.45, 2.75) is 20.4 Å². The second kappa shape index (κ2) is 4.54. The predicted octanol–water partition coefficient (Wildman–Crippen LogP) is 4.45. The fourth-order valence-electron chi connectivity index (χ4n) is 2.43. The lowest BCUT2D eigenvalue weighted by Gasteiger charge is -2.09. The zero-order chi connectivity index (χ0) is 13.4. The molecule has 0 radical (unpaired) electrons. The molecule has 0 unspecified atom stereocenters. The van der Waals surface area contributed by atoms with E-state index in [4.69, 9.17) is 0 Å². The van der Waals surface area contributed by atoms with E-state index in [0.717, 1.165) is 11.1 Å². The number of hydrogen-bond donors (Lipinski definition) is 0. The molecule has 19 heavy (non-hydrogen) atoms. The zero-order valence-corrected chi connectivity index (χ0v) is 11.2. The van der Waals surface area contributed by atoms with Crippen LogP contribution in [0.5, 0.6) is 0 Å². The topological polar surface area (TPSA) is 4.93 Å². The maximum atomic E-state index is 13.3. The lowest BCUT2D eigenvalue weighted by atomic mass is 10.1. The number of benzene rings is 2. The first kappa shape index (κ1) is 12.0. The number of aryl methyl sites for hydroxylation is 2. The summed E-state index contributed by atoms with van der Waals surface area (Å²) in [5.74, 6) is -0.173. The molecule has 0 spiro atoms. The summed E-state index contributed by atoms with van der Waals surface area (Å²) in [6.07, 6.45) is 2.06. The third kappa shape index (κ3) is 2.26. The minimum Gasteiger partial charge on any atom is -0.343 e. The lowest BCUT2D eigenvalue weighted by molar-refractivity contribution is 0.623. The Hall–Kier alpha value is -2.09. The summed E-state index contributed by atoms with van der Waals surface area (Å²) in [7, 11) is 0. The van der Waals surface area contributed by atoms with E-state index in [1.54, 1.807) is 6.07 Å². The highest BCUT2D eigenvalue weighted by Crippen LogP contribution is 2.20. The van der Waals surface area contributed by atoms with Crippen LogP contribution in [0.3, 0.4) is 0 Å². The van der Waals surface area contributed by atoms with E-state index < -0.39 is 0 Å². The first-order valence-electron chi connectivity index (χ1n) is 6.44. The van der Waals surface area contributed by atoms with Crippen LogP contribution in [-0.2, 0) is 6.54 Å². The standard InChI is InChI=1S/C17H16FN/c1-12-3-5-14-7-8-19(17(14)9-12)11-15-10-16(18)6-4-13(15)2/h3-10H,11H2,1-2H3. The van der Waals surface area contributed by atoms with E-state index in [-0.39, 0.29) is 5.82 Å². The monoisotopic (exact) mass is 253 g/mol. The average Bonchev–Trinajstić information content (AvgIpc) is 2.77. The normalized spacial score (nSPS) is 11.1. The van der Waals surface area contributed by atoms with E-state index in [1.165, 1.54) is 22.5 Å². The number of rotatable bonds is 2. The Kier molecular flexibility index (Phi) is 2.86. The van der Waals surface area contributed by atoms with Gasteiger partial charge in [-0.15, -0.1) is 0 Å². The van der Waals surface area contributed by atoms with Crippen molar-refractivity contribution in [3.8, 4) is 0 Å². The van der Waals surface area contributed by atoms with Gasteiger partial charge in [0.1, 0.15) is 5.82 Å². The van der Waals surface area contributed by atoms with Crippen molar-refractivity contribution in [3.63, 3.8) is 0 Å². The van der Waals surface area contributed by atoms with E-state index >= 15 is 0 Å². The fourth-order valence-corrected chi connectivity index (χ4v) is 2.43. The SMILES string of the molecule is Cc1ccc2ccn(Cc3cc(F)ccc3C)c2c1. The first-order valence-corrected chi connectivity index (χ1v) is 6.44. The summed E-state index contributed by atoms with van der Waals surface area (Å²) in [5.41, 5.74) is 4.59. The molecule has 0 bridgehead atoms. The predicted molar refractivity (Wildman–Crippen MR) is 76.9 cm³/mol. The Morgan fingerprint density at radius 3 is 2.68 bits per heavy atom. The molecule has 0 saturated carbocycles. The first-order chi connectivity index (χ1) is 9.13. The molecule has 96 valence electrons. The molecule has 2 heteroatoms.